The molecule has 0 bridgehead atoms. The zero-order chi connectivity index (χ0) is 27.4. The van der Waals surface area contributed by atoms with E-state index in [0.717, 1.165) is 0 Å². The first-order valence-corrected chi connectivity index (χ1v) is 12.1. The van der Waals surface area contributed by atoms with Gasteiger partial charge in [0.1, 0.15) is 36.8 Å². The van der Waals surface area contributed by atoms with Crippen LogP contribution in [0.25, 0.3) is 21.9 Å². The van der Waals surface area contributed by atoms with Crippen molar-refractivity contribution in [3.8, 4) is 39.9 Å². The van der Waals surface area contributed by atoms with E-state index in [9.17, 15) is 25.2 Å². The van der Waals surface area contributed by atoms with Gasteiger partial charge < -0.3 is 53.6 Å². The van der Waals surface area contributed by atoms with E-state index in [0.29, 0.717) is 50.5 Å². The van der Waals surface area contributed by atoms with Crippen molar-refractivity contribution >= 4 is 16.7 Å². The second kappa shape index (κ2) is 9.74. The molecule has 3 aliphatic heterocycles. The summed E-state index contributed by atoms with van der Waals surface area (Å²) < 4.78 is 39.2. The molecule has 39 heavy (non-hydrogen) atoms. The maximum atomic E-state index is 13.1. The Balaban J connectivity index is 1.59. The monoisotopic (exact) mass is 542 g/mol. The van der Waals surface area contributed by atoms with Crippen LogP contribution in [0.4, 0.5) is 0 Å². The van der Waals surface area contributed by atoms with E-state index in [1.54, 1.807) is 30.3 Å². The number of hydrogen-bond acceptors (Lipinski definition) is 12. The summed E-state index contributed by atoms with van der Waals surface area (Å²) in [6.07, 6.45) is -7.56. The molecule has 0 saturated carbocycles. The standard InChI is InChI=1S/C27H26O12/c1-33-16-6-12-13(7-17(16)34-2)25(39-27-24(31)23(30)22(29)19(8-28)38-27)14-9-35-26(32)21(14)20(12)11-3-4-15-18(5-11)37-10-36-15/h3-7,19,22-24,27-31H,8-10H2,1-2H3/t19-,22-,23-,24-,27+/m0/s1. The van der Waals surface area contributed by atoms with Crippen molar-refractivity contribution in [3.63, 3.8) is 0 Å². The molecule has 1 saturated heterocycles. The highest BCUT2D eigenvalue weighted by molar-refractivity contribution is 6.14. The molecule has 0 aliphatic carbocycles. The van der Waals surface area contributed by atoms with E-state index in [1.807, 2.05) is 0 Å². The van der Waals surface area contributed by atoms with E-state index in [2.05, 4.69) is 0 Å². The third kappa shape index (κ3) is 3.99. The zero-order valence-corrected chi connectivity index (χ0v) is 20.9. The Bertz CT molecular complexity index is 1450. The molecule has 0 radical (unpaired) electrons. The van der Waals surface area contributed by atoms with Gasteiger partial charge in [0.05, 0.1) is 26.4 Å². The molecule has 3 aromatic rings. The fourth-order valence-corrected chi connectivity index (χ4v) is 5.18. The molecule has 4 N–H and O–H groups in total. The number of methoxy groups -OCH3 is 2. The number of rotatable bonds is 6. The fourth-order valence-electron chi connectivity index (χ4n) is 5.18. The van der Waals surface area contributed by atoms with Gasteiger partial charge >= 0.3 is 5.97 Å². The first-order chi connectivity index (χ1) is 18.9. The number of carbonyl (C=O) groups excluding carboxylic acids is 1. The number of aliphatic hydroxyl groups is 4. The molecule has 12 heteroatoms. The van der Waals surface area contributed by atoms with Crippen LogP contribution < -0.4 is 23.7 Å². The minimum atomic E-state index is -1.67. The molecule has 0 aromatic heterocycles. The minimum Gasteiger partial charge on any atom is -0.493 e. The van der Waals surface area contributed by atoms with Gasteiger partial charge in [-0.05, 0) is 35.2 Å². The predicted octanol–water partition coefficient (Wildman–Crippen LogP) is 1.10. The molecule has 3 aliphatic rings. The van der Waals surface area contributed by atoms with E-state index in [-0.39, 0.29) is 24.7 Å². The van der Waals surface area contributed by atoms with Gasteiger partial charge in [-0.15, -0.1) is 0 Å². The largest absolute Gasteiger partial charge is 0.493 e. The van der Waals surface area contributed by atoms with Gasteiger partial charge in [-0.2, -0.15) is 0 Å². The van der Waals surface area contributed by atoms with Crippen LogP contribution in [-0.4, -0.2) is 84.7 Å². The number of cyclic esters (lactones) is 1. The number of carbonyl (C=O) groups is 1. The summed E-state index contributed by atoms with van der Waals surface area (Å²) in [6.45, 7) is -0.682. The van der Waals surface area contributed by atoms with Crippen molar-refractivity contribution in [2.45, 2.75) is 37.3 Å². The first-order valence-electron chi connectivity index (χ1n) is 12.1. The quantitative estimate of drug-likeness (QED) is 0.329. The van der Waals surface area contributed by atoms with Crippen LogP contribution in [0.5, 0.6) is 28.7 Å². The summed E-state index contributed by atoms with van der Waals surface area (Å²) in [5, 5.41) is 41.8. The van der Waals surface area contributed by atoms with Crippen LogP contribution in [0.2, 0.25) is 0 Å². The smallest absolute Gasteiger partial charge is 0.339 e. The Morgan fingerprint density at radius 3 is 2.31 bits per heavy atom. The van der Waals surface area contributed by atoms with Gasteiger partial charge in [-0.1, -0.05) is 6.07 Å². The van der Waals surface area contributed by atoms with Crippen molar-refractivity contribution in [1.82, 2.24) is 0 Å². The summed E-state index contributed by atoms with van der Waals surface area (Å²) in [5.41, 5.74) is 1.78. The number of fused-ring (bicyclic) bond motifs is 3. The Kier molecular flexibility index (Phi) is 6.36. The van der Waals surface area contributed by atoms with Crippen molar-refractivity contribution in [1.29, 1.82) is 0 Å². The summed E-state index contributed by atoms with van der Waals surface area (Å²) in [7, 11) is 2.96. The number of hydrogen-bond donors (Lipinski definition) is 4. The van der Waals surface area contributed by atoms with Crippen LogP contribution in [0.15, 0.2) is 30.3 Å². The lowest BCUT2D eigenvalue weighted by atomic mass is 9.89. The minimum absolute atomic E-state index is 0.0799. The van der Waals surface area contributed by atoms with Crippen molar-refractivity contribution < 1.29 is 58.4 Å². The number of ether oxygens (including phenoxy) is 7. The maximum absolute atomic E-state index is 13.1. The molecular formula is C27H26O12. The highest BCUT2D eigenvalue weighted by Crippen LogP contribution is 2.49. The van der Waals surface area contributed by atoms with Crippen LogP contribution in [-0.2, 0) is 16.1 Å². The van der Waals surface area contributed by atoms with E-state index < -0.39 is 43.3 Å². The van der Waals surface area contributed by atoms with Crippen LogP contribution in [0.3, 0.4) is 0 Å². The van der Waals surface area contributed by atoms with Crippen LogP contribution in [0.1, 0.15) is 15.9 Å². The third-order valence-electron chi connectivity index (χ3n) is 7.16. The normalized spacial score (nSPS) is 25.4. The van der Waals surface area contributed by atoms with Crippen molar-refractivity contribution in [2.24, 2.45) is 0 Å². The number of aliphatic hydroxyl groups excluding tert-OH is 4. The Hall–Kier alpha value is -3.81. The Morgan fingerprint density at radius 1 is 0.872 bits per heavy atom. The first kappa shape index (κ1) is 25.5. The topological polar surface area (TPSA) is 163 Å². The second-order valence-electron chi connectivity index (χ2n) is 9.27. The molecule has 0 unspecified atom stereocenters. The molecular weight excluding hydrogens is 516 g/mol. The lowest BCUT2D eigenvalue weighted by molar-refractivity contribution is -0.277. The van der Waals surface area contributed by atoms with Gasteiger partial charge in [-0.3, -0.25) is 0 Å². The van der Waals surface area contributed by atoms with Gasteiger partial charge in [0.15, 0.2) is 23.0 Å². The fraction of sp³-hybridized carbons (Fsp3) is 0.370. The highest BCUT2D eigenvalue weighted by atomic mass is 16.7. The van der Waals surface area contributed by atoms with Gasteiger partial charge in [0, 0.05) is 16.5 Å². The average molecular weight is 542 g/mol. The van der Waals surface area contributed by atoms with Crippen LogP contribution >= 0.6 is 0 Å². The highest BCUT2D eigenvalue weighted by Gasteiger charge is 2.45. The zero-order valence-electron chi connectivity index (χ0n) is 20.9. The predicted molar refractivity (Wildman–Crippen MR) is 132 cm³/mol. The molecule has 5 atom stereocenters. The summed E-state index contributed by atoms with van der Waals surface area (Å²) in [5.74, 6) is 1.39. The van der Waals surface area contributed by atoms with Crippen LogP contribution in [0, 0.1) is 0 Å². The lowest BCUT2D eigenvalue weighted by Gasteiger charge is -2.39. The molecule has 206 valence electrons. The molecule has 3 heterocycles. The summed E-state index contributed by atoms with van der Waals surface area (Å²) in [6, 6.07) is 8.66. The SMILES string of the molecule is COc1cc2c(O[C@H]3O[C@@H](CO)[C@H](O)[C@H](O)[C@@H]3O)c3c(c(-c4ccc5c(c4)OCO5)c2cc1OC)C(=O)OC3. The molecule has 0 amide bonds. The summed E-state index contributed by atoms with van der Waals surface area (Å²) >= 11 is 0. The number of esters is 1. The van der Waals surface area contributed by atoms with Gasteiger partial charge in [0.25, 0.3) is 0 Å². The third-order valence-corrected chi connectivity index (χ3v) is 7.16. The summed E-state index contributed by atoms with van der Waals surface area (Å²) in [4.78, 5) is 13.1. The van der Waals surface area contributed by atoms with Crippen molar-refractivity contribution in [2.75, 3.05) is 27.6 Å². The maximum Gasteiger partial charge on any atom is 0.339 e. The molecule has 12 nitrogen and oxygen atoms in total. The van der Waals surface area contributed by atoms with Gasteiger partial charge in [0.2, 0.25) is 13.1 Å². The Labute approximate surface area is 221 Å². The molecule has 3 aromatic carbocycles. The van der Waals surface area contributed by atoms with E-state index >= 15 is 0 Å². The van der Waals surface area contributed by atoms with E-state index in [4.69, 9.17) is 33.2 Å². The average Bonchev–Trinajstić information content (AvgIpc) is 3.58. The molecule has 0 spiro atoms. The van der Waals surface area contributed by atoms with Crippen molar-refractivity contribution in [3.05, 3.63) is 41.5 Å². The van der Waals surface area contributed by atoms with E-state index in [1.165, 1.54) is 14.2 Å². The second-order valence-corrected chi connectivity index (χ2v) is 9.27. The molecule has 6 rings (SSSR count). The lowest BCUT2D eigenvalue weighted by Crippen LogP contribution is -2.60. The number of benzene rings is 3. The Morgan fingerprint density at radius 2 is 1.59 bits per heavy atom. The molecule has 1 fully saturated rings. The van der Waals surface area contributed by atoms with Gasteiger partial charge in [-0.25, -0.2) is 4.79 Å².